The van der Waals surface area contributed by atoms with Gasteiger partial charge in [0.1, 0.15) is 12.4 Å². The highest BCUT2D eigenvalue weighted by molar-refractivity contribution is 6.19. The molecule has 2 aliphatic heterocycles. The smallest absolute Gasteiger partial charge is 0.347 e. The first-order valence-electron chi connectivity index (χ1n) is 8.03. The Morgan fingerprint density at radius 2 is 1.96 bits per heavy atom. The molecule has 1 aromatic carbocycles. The molecule has 0 aliphatic carbocycles. The average molecular weight is 350 g/mol. The number of halogens is 1. The molecule has 1 N–H and O–H groups in total. The summed E-state index contributed by atoms with van der Waals surface area (Å²) in [7, 11) is 0. The van der Waals surface area contributed by atoms with Crippen LogP contribution in [-0.4, -0.2) is 62.7 Å². The van der Waals surface area contributed by atoms with Gasteiger partial charge >= 0.3 is 5.97 Å². The van der Waals surface area contributed by atoms with Crippen molar-refractivity contribution in [1.29, 1.82) is 0 Å². The number of ketones is 1. The van der Waals surface area contributed by atoms with Gasteiger partial charge < -0.3 is 19.5 Å². The van der Waals surface area contributed by atoms with Gasteiger partial charge in [-0.1, -0.05) is 0 Å². The molecule has 0 radical (unpaired) electrons. The molecule has 0 aromatic heterocycles. The number of anilines is 1. The van der Waals surface area contributed by atoms with E-state index in [-0.39, 0.29) is 30.5 Å². The number of carbonyl (C=O) groups is 2. The van der Waals surface area contributed by atoms with Crippen LogP contribution in [0.25, 0.3) is 0 Å². The zero-order chi connectivity index (χ0) is 17.6. The molecule has 1 saturated heterocycles. The van der Waals surface area contributed by atoms with Crippen LogP contribution in [-0.2, 0) is 23.8 Å². The Balaban J connectivity index is 1.59. The molecule has 2 aliphatic rings. The van der Waals surface area contributed by atoms with Crippen molar-refractivity contribution < 1.29 is 28.2 Å². The number of benzene rings is 1. The van der Waals surface area contributed by atoms with Gasteiger partial charge in [0.2, 0.25) is 11.7 Å². The molecule has 8 heteroatoms. The van der Waals surface area contributed by atoms with Gasteiger partial charge in [-0.05, 0) is 24.3 Å². The fourth-order valence-corrected chi connectivity index (χ4v) is 2.54. The maximum absolute atomic E-state index is 12.9. The van der Waals surface area contributed by atoms with Gasteiger partial charge in [-0.15, -0.1) is 0 Å². The van der Waals surface area contributed by atoms with E-state index in [1.54, 1.807) is 0 Å². The van der Waals surface area contributed by atoms with Crippen LogP contribution in [0.4, 0.5) is 10.1 Å². The van der Waals surface area contributed by atoms with E-state index in [0.717, 1.165) is 13.1 Å². The van der Waals surface area contributed by atoms with E-state index < -0.39 is 11.8 Å². The number of esters is 1. The first kappa shape index (κ1) is 17.4. The fraction of sp³-hybridized carbons (Fsp3) is 0.412. The maximum Gasteiger partial charge on any atom is 0.347 e. The van der Waals surface area contributed by atoms with Crippen molar-refractivity contribution in [1.82, 2.24) is 4.90 Å². The van der Waals surface area contributed by atoms with E-state index in [0.29, 0.717) is 25.4 Å². The van der Waals surface area contributed by atoms with Crippen LogP contribution in [0.15, 0.2) is 35.7 Å². The lowest BCUT2D eigenvalue weighted by molar-refractivity contribution is -0.140. The Morgan fingerprint density at radius 3 is 2.68 bits per heavy atom. The number of hydrogen-bond donors (Lipinski definition) is 1. The second-order valence-electron chi connectivity index (χ2n) is 5.64. The minimum Gasteiger partial charge on any atom is -0.470 e. The Labute approximate surface area is 144 Å². The molecule has 0 bridgehead atoms. The molecule has 0 unspecified atom stereocenters. The predicted octanol–water partition coefficient (Wildman–Crippen LogP) is 0.924. The summed E-state index contributed by atoms with van der Waals surface area (Å²) < 4.78 is 28.6. The highest BCUT2D eigenvalue weighted by Crippen LogP contribution is 2.21. The predicted molar refractivity (Wildman–Crippen MR) is 86.2 cm³/mol. The first-order chi connectivity index (χ1) is 12.1. The highest BCUT2D eigenvalue weighted by atomic mass is 19.1. The first-order valence-corrected chi connectivity index (χ1v) is 8.03. The standard InChI is InChI=1S/C17H19FN2O5/c18-12-1-3-13(4-2-12)19-16-15(14(21)11-25-16)17(22)24-10-7-20-5-8-23-9-6-20/h1-4,19H,5-11H2. The van der Waals surface area contributed by atoms with Crippen LogP contribution in [0.1, 0.15) is 0 Å². The number of carbonyl (C=O) groups excluding carboxylic acids is 2. The summed E-state index contributed by atoms with van der Waals surface area (Å²) in [5.74, 6) is -1.51. The van der Waals surface area contributed by atoms with Crippen LogP contribution in [0.5, 0.6) is 0 Å². The van der Waals surface area contributed by atoms with Crippen molar-refractivity contribution in [3.05, 3.63) is 41.5 Å². The van der Waals surface area contributed by atoms with Crippen LogP contribution in [0.3, 0.4) is 0 Å². The number of hydrogen-bond acceptors (Lipinski definition) is 7. The largest absolute Gasteiger partial charge is 0.470 e. The summed E-state index contributed by atoms with van der Waals surface area (Å²) in [6.45, 7) is 3.45. The summed E-state index contributed by atoms with van der Waals surface area (Å²) in [5, 5.41) is 2.81. The topological polar surface area (TPSA) is 77.1 Å². The van der Waals surface area contributed by atoms with Crippen molar-refractivity contribution in [2.24, 2.45) is 0 Å². The van der Waals surface area contributed by atoms with Gasteiger partial charge in [0.05, 0.1) is 13.2 Å². The zero-order valence-corrected chi connectivity index (χ0v) is 13.6. The summed E-state index contributed by atoms with van der Waals surface area (Å²) in [4.78, 5) is 26.3. The Kier molecular flexibility index (Phi) is 5.62. The minimum atomic E-state index is -0.722. The molecule has 0 saturated carbocycles. The van der Waals surface area contributed by atoms with Gasteiger partial charge in [-0.3, -0.25) is 9.69 Å². The third kappa shape index (κ3) is 4.55. The van der Waals surface area contributed by atoms with Crippen molar-refractivity contribution in [3.8, 4) is 0 Å². The maximum atomic E-state index is 12.9. The van der Waals surface area contributed by atoms with Crippen molar-refractivity contribution in [2.75, 3.05) is 51.4 Å². The van der Waals surface area contributed by atoms with E-state index in [1.165, 1.54) is 24.3 Å². The number of Topliss-reactive ketones (excluding diaryl/α,β-unsaturated/α-hetero) is 1. The molecule has 7 nitrogen and oxygen atoms in total. The molecule has 134 valence electrons. The molecule has 3 rings (SSSR count). The van der Waals surface area contributed by atoms with Gasteiger partial charge in [-0.25, -0.2) is 9.18 Å². The third-order valence-corrected chi connectivity index (χ3v) is 3.90. The molecule has 0 amide bonds. The van der Waals surface area contributed by atoms with Crippen molar-refractivity contribution in [3.63, 3.8) is 0 Å². The van der Waals surface area contributed by atoms with Crippen molar-refractivity contribution in [2.45, 2.75) is 0 Å². The minimum absolute atomic E-state index is 0.0352. The zero-order valence-electron chi connectivity index (χ0n) is 13.6. The van der Waals surface area contributed by atoms with E-state index >= 15 is 0 Å². The highest BCUT2D eigenvalue weighted by Gasteiger charge is 2.32. The van der Waals surface area contributed by atoms with Gasteiger partial charge in [-0.2, -0.15) is 0 Å². The second kappa shape index (κ2) is 8.09. The van der Waals surface area contributed by atoms with Crippen LogP contribution >= 0.6 is 0 Å². The summed E-state index contributed by atoms with van der Waals surface area (Å²) in [6, 6.07) is 5.49. The lowest BCUT2D eigenvalue weighted by atomic mass is 10.2. The molecule has 0 spiro atoms. The van der Waals surface area contributed by atoms with Crippen LogP contribution < -0.4 is 5.32 Å². The van der Waals surface area contributed by atoms with Gasteiger partial charge in [0, 0.05) is 25.3 Å². The monoisotopic (exact) mass is 350 g/mol. The SMILES string of the molecule is O=C1COC(Nc2ccc(F)cc2)=C1C(=O)OCCN1CCOCC1. The number of nitrogens with one attached hydrogen (secondary N) is 1. The second-order valence-corrected chi connectivity index (χ2v) is 5.64. The lowest BCUT2D eigenvalue weighted by Crippen LogP contribution is -2.38. The molecule has 2 heterocycles. The average Bonchev–Trinajstić information content (AvgIpc) is 2.98. The number of morpholine rings is 1. The summed E-state index contributed by atoms with van der Waals surface area (Å²) >= 11 is 0. The third-order valence-electron chi connectivity index (χ3n) is 3.90. The summed E-state index contributed by atoms with van der Waals surface area (Å²) in [5.41, 5.74) is 0.357. The Morgan fingerprint density at radius 1 is 1.24 bits per heavy atom. The fourth-order valence-electron chi connectivity index (χ4n) is 2.54. The number of rotatable bonds is 6. The molecule has 1 fully saturated rings. The quantitative estimate of drug-likeness (QED) is 0.604. The molecule has 0 atom stereocenters. The van der Waals surface area contributed by atoms with E-state index in [4.69, 9.17) is 14.2 Å². The van der Waals surface area contributed by atoms with E-state index in [9.17, 15) is 14.0 Å². The van der Waals surface area contributed by atoms with Crippen molar-refractivity contribution >= 4 is 17.4 Å². The van der Waals surface area contributed by atoms with E-state index in [2.05, 4.69) is 10.2 Å². The van der Waals surface area contributed by atoms with E-state index in [1.807, 2.05) is 0 Å². The molecular weight excluding hydrogens is 331 g/mol. The normalized spacial score (nSPS) is 18.2. The molecule has 1 aromatic rings. The lowest BCUT2D eigenvalue weighted by Gasteiger charge is -2.26. The number of nitrogens with zero attached hydrogens (tertiary/aromatic N) is 1. The van der Waals surface area contributed by atoms with Crippen LogP contribution in [0.2, 0.25) is 0 Å². The number of ether oxygens (including phenoxy) is 3. The Hall–Kier alpha value is -2.45. The van der Waals surface area contributed by atoms with Gasteiger partial charge in [0.15, 0.2) is 12.2 Å². The van der Waals surface area contributed by atoms with Crippen LogP contribution in [0, 0.1) is 5.82 Å². The summed E-state index contributed by atoms with van der Waals surface area (Å²) in [6.07, 6.45) is 0. The molecular formula is C17H19FN2O5. The Bertz CT molecular complexity index is 668. The molecule has 25 heavy (non-hydrogen) atoms. The van der Waals surface area contributed by atoms with Gasteiger partial charge in [0.25, 0.3) is 0 Å².